The zero-order chi connectivity index (χ0) is 75.7. The van der Waals surface area contributed by atoms with Crippen LogP contribution >= 0.6 is 12.6 Å². The van der Waals surface area contributed by atoms with Crippen LogP contribution in [0.25, 0.3) is 21.8 Å². The van der Waals surface area contributed by atoms with Crippen molar-refractivity contribution in [1.29, 1.82) is 10.8 Å². The van der Waals surface area contributed by atoms with E-state index in [0.29, 0.717) is 63.6 Å². The number of aromatic amines is 3. The van der Waals surface area contributed by atoms with Gasteiger partial charge in [-0.3, -0.25) is 68.4 Å². The number of nitrogens with one attached hydrogen (secondary N) is 18. The molecule has 560 valence electrons. The number of phenols is 1. The first-order chi connectivity index (χ1) is 49.8. The van der Waals surface area contributed by atoms with E-state index in [2.05, 4.69) is 102 Å². The van der Waals surface area contributed by atoms with Crippen LogP contribution in [-0.4, -0.2) is 208 Å². The van der Waals surface area contributed by atoms with E-state index in [4.69, 9.17) is 39.5 Å². The summed E-state index contributed by atoms with van der Waals surface area (Å²) < 4.78 is 0. The van der Waals surface area contributed by atoms with E-state index >= 15 is 14.4 Å². The maximum Gasteiger partial charge on any atom is 0.244 e. The number of imidazole rings is 1. The monoisotopic (exact) mass is 1460 g/mol. The van der Waals surface area contributed by atoms with E-state index < -0.39 is 157 Å². The highest BCUT2D eigenvalue weighted by atomic mass is 32.1. The van der Waals surface area contributed by atoms with E-state index in [9.17, 15) is 48.3 Å². The van der Waals surface area contributed by atoms with Gasteiger partial charge in [-0.25, -0.2) is 4.98 Å². The number of rotatable bonds is 44. The molecule has 104 heavy (non-hydrogen) atoms. The molecule has 0 bridgehead atoms. The quantitative estimate of drug-likeness (QED) is 0.00735. The molecule has 38 heteroatoms. The number of benzene rings is 3. The van der Waals surface area contributed by atoms with Crippen LogP contribution < -0.4 is 97.8 Å². The summed E-state index contributed by atoms with van der Waals surface area (Å²) in [5.41, 5.74) is 30.7. The van der Waals surface area contributed by atoms with Gasteiger partial charge < -0.3 is 118 Å². The number of guanidine groups is 2. The zero-order valence-corrected chi connectivity index (χ0v) is 57.8. The van der Waals surface area contributed by atoms with Gasteiger partial charge in [0, 0.05) is 90.6 Å². The number of nitrogens with zero attached hydrogens (tertiary/aromatic N) is 1. The number of hydrogen-bond acceptors (Lipinski definition) is 19. The molecule has 6 aromatic rings. The zero-order valence-electron chi connectivity index (χ0n) is 56.9. The smallest absolute Gasteiger partial charge is 0.244 e. The summed E-state index contributed by atoms with van der Waals surface area (Å²) in [6.45, 7) is -1.79. The standard InChI is InChI=1S/C66H92N24O13S/c67-20-6-5-13-45(57(69)96)83-55(94)33-80-54(93)31-81-58(97)46(14-7-21-75-65(70)71)85-64(103)52(34-104)90-60(99)48(23-36-16-18-40(91)19-17-36)87-62(101)50(25-38-29-78-44-12-4-2-10-42(38)44)88-59(98)47(15-8-22-76-66(72)73)86-61(100)49(24-37-28-77-43-11-3-1-9-41(37)43)89-63(102)51(26-39-30-74-35-82-39)84-56(95)32-79-53(92)27-68/h1-4,9-12,16-19,28-30,35,45-52,77-78,91,104H,5-8,13-15,20-27,31-34,67-68H2,(H2,69,96)(H,74,82)(H,79,92)(H,80,93)(H,81,97)(H,83,94)(H,84,95)(H,85,103)(H,86,100)(H,87,101)(H,88,98)(H,89,102)(H,90,99)(H4,70,71,75)(H4,72,73,76)/t45-,46-,47-,48-,49-,50-,51-,52-/m0/s1. The van der Waals surface area contributed by atoms with E-state index in [1.165, 1.54) is 36.8 Å². The molecule has 8 atom stereocenters. The van der Waals surface area contributed by atoms with Crippen molar-refractivity contribution in [3.63, 3.8) is 0 Å². The molecule has 0 aliphatic heterocycles. The number of carbonyl (C=O) groups is 12. The number of amides is 12. The Morgan fingerprint density at radius 2 is 0.885 bits per heavy atom. The van der Waals surface area contributed by atoms with E-state index in [1.54, 1.807) is 60.9 Å². The summed E-state index contributed by atoms with van der Waals surface area (Å²) >= 11 is 4.36. The van der Waals surface area contributed by atoms with E-state index in [0.717, 1.165) is 0 Å². The summed E-state index contributed by atoms with van der Waals surface area (Å²) in [5.74, 6) is -11.5. The van der Waals surface area contributed by atoms with Crippen LogP contribution in [0.1, 0.15) is 67.3 Å². The lowest BCUT2D eigenvalue weighted by atomic mass is 10.0. The van der Waals surface area contributed by atoms with Crippen molar-refractivity contribution in [2.24, 2.45) is 28.7 Å². The molecular formula is C66H92N24O13S. The highest BCUT2D eigenvalue weighted by molar-refractivity contribution is 7.80. The number of H-pyrrole nitrogens is 3. The fourth-order valence-electron chi connectivity index (χ4n) is 10.8. The first-order valence-corrected chi connectivity index (χ1v) is 34.0. The minimum absolute atomic E-state index is 0.0253. The Hall–Kier alpha value is -11.8. The van der Waals surface area contributed by atoms with Gasteiger partial charge >= 0.3 is 0 Å². The molecule has 0 aliphatic rings. The highest BCUT2D eigenvalue weighted by Crippen LogP contribution is 2.22. The lowest BCUT2D eigenvalue weighted by Gasteiger charge is -2.28. The van der Waals surface area contributed by atoms with Crippen molar-refractivity contribution in [3.8, 4) is 5.75 Å². The predicted octanol–water partition coefficient (Wildman–Crippen LogP) is -5.40. The lowest BCUT2D eigenvalue weighted by molar-refractivity contribution is -0.135. The number of primary amides is 1. The lowest BCUT2D eigenvalue weighted by Crippen LogP contribution is -2.61. The second kappa shape index (κ2) is 41.8. The molecule has 0 aliphatic carbocycles. The van der Waals surface area contributed by atoms with Crippen LogP contribution in [0, 0.1) is 10.8 Å². The van der Waals surface area contributed by atoms with E-state index in [1.807, 2.05) is 0 Å². The third-order valence-corrected chi connectivity index (χ3v) is 16.6. The number of phenolic OH excluding ortho intramolecular Hbond substituents is 1. The average Bonchev–Trinajstić information content (AvgIpc) is 1.62. The van der Waals surface area contributed by atoms with Gasteiger partial charge in [0.2, 0.25) is 70.9 Å². The number of aromatic hydroxyl groups is 1. The Bertz CT molecular complexity index is 3940. The maximum atomic E-state index is 15.3. The normalized spacial score (nSPS) is 13.3. The third kappa shape index (κ3) is 26.9. The highest BCUT2D eigenvalue weighted by Gasteiger charge is 2.36. The van der Waals surface area contributed by atoms with Crippen LogP contribution in [0.3, 0.4) is 0 Å². The van der Waals surface area contributed by atoms with Gasteiger partial charge in [-0.05, 0) is 92.4 Å². The molecule has 0 spiro atoms. The average molecular weight is 1460 g/mol. The van der Waals surface area contributed by atoms with Gasteiger partial charge in [0.05, 0.1) is 32.5 Å². The molecule has 3 heterocycles. The minimum Gasteiger partial charge on any atom is -0.508 e. The minimum atomic E-state index is -1.59. The van der Waals surface area contributed by atoms with Crippen molar-refractivity contribution in [3.05, 3.63) is 120 Å². The number of thiol groups is 1. The van der Waals surface area contributed by atoms with Gasteiger partial charge in [-0.1, -0.05) is 48.5 Å². The topological polar surface area (TPSA) is 620 Å². The first-order valence-electron chi connectivity index (χ1n) is 33.4. The van der Waals surface area contributed by atoms with Crippen molar-refractivity contribution in [2.45, 2.75) is 119 Å². The van der Waals surface area contributed by atoms with E-state index in [-0.39, 0.29) is 82.6 Å². The van der Waals surface area contributed by atoms with Crippen LogP contribution in [0.2, 0.25) is 0 Å². The Balaban J connectivity index is 1.27. The molecular weight excluding hydrogens is 1370 g/mol. The van der Waals surface area contributed by atoms with Gasteiger partial charge in [-0.2, -0.15) is 12.6 Å². The molecule has 3 aromatic carbocycles. The van der Waals surface area contributed by atoms with Crippen LogP contribution in [-0.2, 0) is 83.2 Å². The van der Waals surface area contributed by atoms with Gasteiger partial charge in [-0.15, -0.1) is 0 Å². The van der Waals surface area contributed by atoms with Crippen LogP contribution in [0.15, 0.2) is 97.7 Å². The summed E-state index contributed by atoms with van der Waals surface area (Å²) in [5, 5.41) is 60.5. The Morgan fingerprint density at radius 3 is 1.37 bits per heavy atom. The third-order valence-electron chi connectivity index (χ3n) is 16.3. The fraction of sp³-hybridized carbons (Fsp3) is 0.409. The molecule has 37 nitrogen and oxygen atoms in total. The van der Waals surface area contributed by atoms with Crippen LogP contribution in [0.5, 0.6) is 5.75 Å². The van der Waals surface area contributed by atoms with Crippen molar-refractivity contribution in [2.75, 3.05) is 51.6 Å². The number of fused-ring (bicyclic) bond motifs is 2. The summed E-state index contributed by atoms with van der Waals surface area (Å²) in [6.07, 6.45) is 6.34. The number of para-hydroxylation sites is 2. The second-order valence-corrected chi connectivity index (χ2v) is 24.6. The Kier molecular flexibility index (Phi) is 32.6. The van der Waals surface area contributed by atoms with Crippen molar-refractivity contribution >= 4 is 117 Å². The molecule has 29 N–H and O–H groups in total. The Labute approximate surface area is 602 Å². The number of carbonyl (C=O) groups excluding carboxylic acids is 12. The van der Waals surface area contributed by atoms with Gasteiger partial charge in [0.15, 0.2) is 11.9 Å². The molecule has 0 fully saturated rings. The number of nitrogens with two attached hydrogens (primary N) is 5. The van der Waals surface area contributed by atoms with Crippen molar-refractivity contribution < 1.29 is 62.6 Å². The van der Waals surface area contributed by atoms with Crippen molar-refractivity contribution in [1.82, 2.24) is 89.1 Å². The first kappa shape index (κ1) is 81.2. The number of unbranched alkanes of at least 4 members (excludes halogenated alkanes) is 1. The molecule has 12 amide bonds. The molecule has 0 unspecified atom stereocenters. The maximum absolute atomic E-state index is 15.3. The fourth-order valence-corrected chi connectivity index (χ4v) is 11.1. The summed E-state index contributed by atoms with van der Waals surface area (Å²) in [7, 11) is 0. The second-order valence-electron chi connectivity index (χ2n) is 24.2. The number of hydrogen-bond donors (Lipinski definition) is 25. The number of aromatic nitrogens is 4. The molecule has 3 aromatic heterocycles. The Morgan fingerprint density at radius 1 is 0.452 bits per heavy atom. The SMILES string of the molecule is N=C(N)NCCC[C@H](NC(=O)[C@H](CS)NC(=O)[C@H](Cc1ccc(O)cc1)NC(=O)[C@H](Cc1c[nH]c2ccccc12)NC(=O)[C@H](CCCNC(=N)N)NC(=O)[C@H](Cc1c[nH]c2ccccc12)NC(=O)[C@H](Cc1cnc[nH]1)NC(=O)CNC(=O)CN)C(=O)NCC(=O)NCC(=O)N[C@@H](CCCCN)C(N)=O. The predicted molar refractivity (Wildman–Crippen MR) is 386 cm³/mol. The molecule has 0 saturated carbocycles. The molecule has 0 saturated heterocycles. The molecule has 0 radical (unpaired) electrons. The van der Waals surface area contributed by atoms with Gasteiger partial charge in [0.1, 0.15) is 54.1 Å². The summed E-state index contributed by atoms with van der Waals surface area (Å²) in [6, 6.07) is 8.32. The van der Waals surface area contributed by atoms with Crippen LogP contribution in [0.4, 0.5) is 0 Å². The van der Waals surface area contributed by atoms with Gasteiger partial charge in [0.25, 0.3) is 0 Å². The summed E-state index contributed by atoms with van der Waals surface area (Å²) in [4.78, 5) is 179. The molecule has 6 rings (SSSR count). The largest absolute Gasteiger partial charge is 0.508 e.